The molecule has 0 bridgehead atoms. The van der Waals surface area contributed by atoms with E-state index in [-0.39, 0.29) is 41.6 Å². The number of carbonyl (C=O) groups excluding carboxylic acids is 3. The fraction of sp³-hybridized carbons (Fsp3) is 0.423. The second kappa shape index (κ2) is 8.41. The quantitative estimate of drug-likeness (QED) is 0.692. The molecule has 5 rings (SSSR count). The predicted octanol–water partition coefficient (Wildman–Crippen LogP) is 3.62. The van der Waals surface area contributed by atoms with Crippen molar-refractivity contribution in [3.8, 4) is 0 Å². The fourth-order valence-electron chi connectivity index (χ4n) is 5.52. The largest absolute Gasteiger partial charge is 0.462 e. The van der Waals surface area contributed by atoms with Crippen LogP contribution in [-0.4, -0.2) is 48.4 Å². The number of nitrogens with zero attached hydrogens (tertiary/aromatic N) is 2. The number of anilines is 1. The number of likely N-dealkylation sites (tertiary alicyclic amines) is 1. The van der Waals surface area contributed by atoms with E-state index >= 15 is 0 Å². The molecule has 2 amide bonds. The Bertz CT molecular complexity index is 1040. The van der Waals surface area contributed by atoms with Gasteiger partial charge >= 0.3 is 5.97 Å². The standard InChI is InChI=1S/C26H28N2O4/c1-17-22-16-27(24(29)13-20(22)14-25(30)32-17)12-11-19-15-28(23-10-6-5-9-21(19)23)26(31)18-7-3-2-4-8-18/h2-10,17,19-20,22H,11-16H2,1H3/t17-,19?,20+,22+/m0/s1. The van der Waals surface area contributed by atoms with E-state index in [1.807, 2.05) is 65.3 Å². The van der Waals surface area contributed by atoms with Gasteiger partial charge in [0.05, 0.1) is 0 Å². The lowest BCUT2D eigenvalue weighted by Gasteiger charge is -2.43. The summed E-state index contributed by atoms with van der Waals surface area (Å²) in [7, 11) is 0. The molecule has 32 heavy (non-hydrogen) atoms. The summed E-state index contributed by atoms with van der Waals surface area (Å²) in [4.78, 5) is 41.5. The lowest BCUT2D eigenvalue weighted by atomic mass is 9.78. The third-order valence-electron chi connectivity index (χ3n) is 7.26. The highest BCUT2D eigenvalue weighted by Gasteiger charge is 2.43. The summed E-state index contributed by atoms with van der Waals surface area (Å²) in [6, 6.07) is 17.4. The van der Waals surface area contributed by atoms with Crippen LogP contribution in [0.15, 0.2) is 54.6 Å². The first-order valence-corrected chi connectivity index (χ1v) is 11.4. The van der Waals surface area contributed by atoms with Gasteiger partial charge in [-0.1, -0.05) is 36.4 Å². The number of para-hydroxylation sites is 1. The molecule has 3 heterocycles. The predicted molar refractivity (Wildman–Crippen MR) is 120 cm³/mol. The summed E-state index contributed by atoms with van der Waals surface area (Å²) in [5.74, 6) is 0.433. The maximum Gasteiger partial charge on any atom is 0.306 e. The van der Waals surface area contributed by atoms with Gasteiger partial charge in [0.2, 0.25) is 5.91 Å². The molecule has 0 aliphatic carbocycles. The molecular weight excluding hydrogens is 404 g/mol. The van der Waals surface area contributed by atoms with Crippen LogP contribution in [0.4, 0.5) is 5.69 Å². The van der Waals surface area contributed by atoms with Crippen molar-refractivity contribution in [3.63, 3.8) is 0 Å². The topological polar surface area (TPSA) is 66.9 Å². The number of carbonyl (C=O) groups is 3. The fourth-order valence-corrected chi connectivity index (χ4v) is 5.52. The Morgan fingerprint density at radius 1 is 1.00 bits per heavy atom. The zero-order chi connectivity index (χ0) is 22.2. The van der Waals surface area contributed by atoms with Crippen molar-refractivity contribution in [2.45, 2.75) is 38.2 Å². The second-order valence-corrected chi connectivity index (χ2v) is 9.19. The summed E-state index contributed by atoms with van der Waals surface area (Å²) >= 11 is 0. The molecule has 0 N–H and O–H groups in total. The smallest absolute Gasteiger partial charge is 0.306 e. The van der Waals surface area contributed by atoms with Crippen LogP contribution in [0.1, 0.15) is 48.0 Å². The van der Waals surface area contributed by atoms with E-state index in [4.69, 9.17) is 4.74 Å². The van der Waals surface area contributed by atoms with Gasteiger partial charge in [0, 0.05) is 55.6 Å². The summed E-state index contributed by atoms with van der Waals surface area (Å²) < 4.78 is 5.43. The summed E-state index contributed by atoms with van der Waals surface area (Å²) in [6.45, 7) is 3.84. The maximum atomic E-state index is 13.2. The van der Waals surface area contributed by atoms with Gasteiger partial charge in [0.1, 0.15) is 6.10 Å². The number of ether oxygens (including phenoxy) is 1. The number of hydrogen-bond donors (Lipinski definition) is 0. The molecule has 0 aromatic heterocycles. The minimum Gasteiger partial charge on any atom is -0.462 e. The van der Waals surface area contributed by atoms with Crippen molar-refractivity contribution in [2.24, 2.45) is 11.8 Å². The van der Waals surface area contributed by atoms with Gasteiger partial charge in [-0.3, -0.25) is 14.4 Å². The van der Waals surface area contributed by atoms with E-state index in [2.05, 4.69) is 6.07 Å². The van der Waals surface area contributed by atoms with Crippen LogP contribution in [0, 0.1) is 11.8 Å². The molecule has 2 aromatic rings. The van der Waals surface area contributed by atoms with Gasteiger partial charge in [-0.2, -0.15) is 0 Å². The van der Waals surface area contributed by atoms with Gasteiger partial charge in [-0.05, 0) is 43.0 Å². The number of fused-ring (bicyclic) bond motifs is 2. The zero-order valence-electron chi connectivity index (χ0n) is 18.3. The van der Waals surface area contributed by atoms with Gasteiger partial charge in [-0.25, -0.2) is 0 Å². The summed E-state index contributed by atoms with van der Waals surface area (Å²) in [5.41, 5.74) is 2.81. The summed E-state index contributed by atoms with van der Waals surface area (Å²) in [5, 5.41) is 0. The van der Waals surface area contributed by atoms with Crippen LogP contribution >= 0.6 is 0 Å². The average molecular weight is 433 g/mol. The minimum atomic E-state index is -0.189. The molecular formula is C26H28N2O4. The molecule has 0 radical (unpaired) electrons. The van der Waals surface area contributed by atoms with Crippen LogP contribution in [0.25, 0.3) is 0 Å². The number of piperidine rings is 1. The van der Waals surface area contributed by atoms with Crippen LogP contribution in [-0.2, 0) is 14.3 Å². The Morgan fingerprint density at radius 2 is 1.75 bits per heavy atom. The second-order valence-electron chi connectivity index (χ2n) is 9.19. The zero-order valence-corrected chi connectivity index (χ0v) is 18.3. The van der Waals surface area contributed by atoms with Gasteiger partial charge in [-0.15, -0.1) is 0 Å². The van der Waals surface area contributed by atoms with E-state index in [0.29, 0.717) is 38.0 Å². The van der Waals surface area contributed by atoms with Crippen LogP contribution in [0.3, 0.4) is 0 Å². The third kappa shape index (κ3) is 3.78. The molecule has 1 unspecified atom stereocenters. The first-order chi connectivity index (χ1) is 15.5. The van der Waals surface area contributed by atoms with E-state index in [9.17, 15) is 14.4 Å². The number of cyclic esters (lactones) is 1. The molecule has 6 nitrogen and oxygen atoms in total. The minimum absolute atomic E-state index is 0.00953. The Balaban J connectivity index is 1.28. The van der Waals surface area contributed by atoms with Crippen molar-refractivity contribution < 1.29 is 19.1 Å². The Morgan fingerprint density at radius 3 is 2.56 bits per heavy atom. The van der Waals surface area contributed by atoms with Crippen molar-refractivity contribution in [2.75, 3.05) is 24.5 Å². The molecule has 3 aliphatic heterocycles. The highest BCUT2D eigenvalue weighted by molar-refractivity contribution is 6.07. The van der Waals surface area contributed by atoms with Gasteiger partial charge in [0.25, 0.3) is 5.91 Å². The molecule has 0 saturated carbocycles. The van der Waals surface area contributed by atoms with E-state index in [1.54, 1.807) is 0 Å². The molecule has 0 spiro atoms. The number of benzene rings is 2. The van der Waals surface area contributed by atoms with Crippen molar-refractivity contribution in [1.82, 2.24) is 4.90 Å². The lowest BCUT2D eigenvalue weighted by Crippen LogP contribution is -2.52. The Hall–Kier alpha value is -3.15. The van der Waals surface area contributed by atoms with Gasteiger partial charge in [0.15, 0.2) is 0 Å². The first kappa shape index (κ1) is 20.7. The molecule has 2 aromatic carbocycles. The van der Waals surface area contributed by atoms with E-state index < -0.39 is 0 Å². The van der Waals surface area contributed by atoms with Crippen LogP contribution < -0.4 is 4.90 Å². The lowest BCUT2D eigenvalue weighted by molar-refractivity contribution is -0.168. The van der Waals surface area contributed by atoms with Crippen LogP contribution in [0.5, 0.6) is 0 Å². The molecule has 2 saturated heterocycles. The average Bonchev–Trinajstić information content (AvgIpc) is 3.16. The molecule has 166 valence electrons. The molecule has 2 fully saturated rings. The number of amides is 2. The van der Waals surface area contributed by atoms with E-state index in [1.165, 1.54) is 5.56 Å². The normalized spacial score (nSPS) is 27.0. The maximum absolute atomic E-state index is 13.2. The number of esters is 1. The first-order valence-electron chi connectivity index (χ1n) is 11.4. The highest BCUT2D eigenvalue weighted by atomic mass is 16.5. The summed E-state index contributed by atoms with van der Waals surface area (Å²) in [6.07, 6.45) is 1.42. The van der Waals surface area contributed by atoms with Crippen molar-refractivity contribution in [3.05, 3.63) is 65.7 Å². The number of hydrogen-bond acceptors (Lipinski definition) is 4. The number of rotatable bonds is 4. The third-order valence-corrected chi connectivity index (χ3v) is 7.26. The monoisotopic (exact) mass is 432 g/mol. The molecule has 6 heteroatoms. The van der Waals surface area contributed by atoms with Gasteiger partial charge < -0.3 is 14.5 Å². The Kier molecular flexibility index (Phi) is 5.45. The highest BCUT2D eigenvalue weighted by Crippen LogP contribution is 2.40. The Labute approximate surface area is 188 Å². The van der Waals surface area contributed by atoms with Crippen molar-refractivity contribution >= 4 is 23.5 Å². The van der Waals surface area contributed by atoms with Crippen molar-refractivity contribution in [1.29, 1.82) is 0 Å². The van der Waals surface area contributed by atoms with E-state index in [0.717, 1.165) is 12.1 Å². The SMILES string of the molecule is C[C@@H]1OC(=O)C[C@H]2CC(=O)N(CCC3CN(C(=O)c4ccccc4)c4ccccc43)C[C@@H]21. The molecule has 4 atom stereocenters. The van der Waals surface area contributed by atoms with Crippen LogP contribution in [0.2, 0.25) is 0 Å². The molecule has 3 aliphatic rings.